The molecule has 2 aromatic heterocycles. The van der Waals surface area contributed by atoms with Crippen molar-refractivity contribution in [1.29, 1.82) is 0 Å². The van der Waals surface area contributed by atoms with E-state index < -0.39 is 5.91 Å². The predicted molar refractivity (Wildman–Crippen MR) is 111 cm³/mol. The lowest BCUT2D eigenvalue weighted by Gasteiger charge is -2.41. The number of nitrogens with two attached hydrogens (primary N) is 1. The van der Waals surface area contributed by atoms with E-state index in [-0.39, 0.29) is 12.0 Å². The third kappa shape index (κ3) is 3.26. The Morgan fingerprint density at radius 3 is 2.52 bits per heavy atom. The number of amides is 2. The molecule has 3 fully saturated rings. The van der Waals surface area contributed by atoms with Gasteiger partial charge in [0.15, 0.2) is 0 Å². The number of aromatic nitrogens is 2. The highest BCUT2D eigenvalue weighted by molar-refractivity contribution is 6.06. The van der Waals surface area contributed by atoms with Gasteiger partial charge in [0.1, 0.15) is 5.65 Å². The molecule has 2 aromatic rings. The maximum absolute atomic E-state index is 13.2. The largest absolute Gasteiger partial charge is 0.381 e. The molecular formula is C22H29N5O2. The van der Waals surface area contributed by atoms with Gasteiger partial charge >= 0.3 is 0 Å². The molecule has 2 bridgehead atoms. The van der Waals surface area contributed by atoms with Crippen molar-refractivity contribution in [1.82, 2.24) is 14.9 Å². The molecule has 0 aromatic carbocycles. The van der Waals surface area contributed by atoms with Crippen molar-refractivity contribution in [2.45, 2.75) is 75.9 Å². The van der Waals surface area contributed by atoms with Crippen molar-refractivity contribution in [3.8, 4) is 0 Å². The number of pyridine rings is 1. The van der Waals surface area contributed by atoms with Gasteiger partial charge in [0.05, 0.1) is 11.3 Å². The van der Waals surface area contributed by atoms with Crippen LogP contribution in [-0.2, 0) is 4.79 Å². The Bertz CT molecular complexity index is 918. The SMILES string of the molecule is NC(=O)c1cnc2[nH]ccc2c1N[C@@H]1C[C@H]2CC[C@@H](C1)N2C(=O)C1CCCCC1. The van der Waals surface area contributed by atoms with Crippen molar-refractivity contribution in [2.75, 3.05) is 5.32 Å². The Balaban J connectivity index is 1.35. The van der Waals surface area contributed by atoms with E-state index in [4.69, 9.17) is 5.73 Å². The molecule has 29 heavy (non-hydrogen) atoms. The minimum atomic E-state index is -0.476. The Morgan fingerprint density at radius 1 is 1.10 bits per heavy atom. The highest BCUT2D eigenvalue weighted by Crippen LogP contribution is 2.40. The molecule has 7 heteroatoms. The summed E-state index contributed by atoms with van der Waals surface area (Å²) in [4.78, 5) is 34.8. The summed E-state index contributed by atoms with van der Waals surface area (Å²) in [5, 5.41) is 4.48. The van der Waals surface area contributed by atoms with E-state index in [1.54, 1.807) is 6.20 Å². The quantitative estimate of drug-likeness (QED) is 0.739. The summed E-state index contributed by atoms with van der Waals surface area (Å²) in [6.45, 7) is 0. The molecule has 4 N–H and O–H groups in total. The molecule has 2 aliphatic heterocycles. The van der Waals surface area contributed by atoms with Gasteiger partial charge in [-0.15, -0.1) is 0 Å². The van der Waals surface area contributed by atoms with Crippen LogP contribution in [0.15, 0.2) is 18.5 Å². The molecule has 2 saturated heterocycles. The molecule has 0 spiro atoms. The molecule has 3 atom stereocenters. The summed E-state index contributed by atoms with van der Waals surface area (Å²) >= 11 is 0. The van der Waals surface area contributed by atoms with Crippen LogP contribution in [-0.4, -0.2) is 44.8 Å². The molecular weight excluding hydrogens is 366 g/mol. The van der Waals surface area contributed by atoms with Crippen LogP contribution in [0, 0.1) is 5.92 Å². The summed E-state index contributed by atoms with van der Waals surface area (Å²) < 4.78 is 0. The van der Waals surface area contributed by atoms with Crippen LogP contribution in [0.1, 0.15) is 68.1 Å². The zero-order valence-corrected chi connectivity index (χ0v) is 16.7. The van der Waals surface area contributed by atoms with E-state index in [0.717, 1.165) is 55.2 Å². The number of piperidine rings is 1. The minimum Gasteiger partial charge on any atom is -0.381 e. The lowest BCUT2D eigenvalue weighted by molar-refractivity contribution is -0.141. The Morgan fingerprint density at radius 2 is 1.83 bits per heavy atom. The smallest absolute Gasteiger partial charge is 0.252 e. The fraction of sp³-hybridized carbons (Fsp3) is 0.591. The number of H-pyrrole nitrogens is 1. The lowest BCUT2D eigenvalue weighted by atomic mass is 9.86. The second kappa shape index (κ2) is 7.35. The van der Waals surface area contributed by atoms with Gasteiger partial charge in [0.2, 0.25) is 5.91 Å². The zero-order valence-electron chi connectivity index (χ0n) is 16.7. The monoisotopic (exact) mass is 395 g/mol. The summed E-state index contributed by atoms with van der Waals surface area (Å²) in [6.07, 6.45) is 13.1. The Hall–Kier alpha value is -2.57. The number of carbonyl (C=O) groups excluding carboxylic acids is 2. The van der Waals surface area contributed by atoms with Crippen molar-refractivity contribution < 1.29 is 9.59 Å². The number of anilines is 1. The van der Waals surface area contributed by atoms with Gasteiger partial charge in [-0.1, -0.05) is 19.3 Å². The van der Waals surface area contributed by atoms with E-state index in [0.29, 0.717) is 23.6 Å². The summed E-state index contributed by atoms with van der Waals surface area (Å²) in [5.74, 6) is 0.152. The molecule has 5 rings (SSSR count). The van der Waals surface area contributed by atoms with Crippen LogP contribution in [0.5, 0.6) is 0 Å². The summed E-state index contributed by atoms with van der Waals surface area (Å²) in [6, 6.07) is 2.76. The highest BCUT2D eigenvalue weighted by Gasteiger charge is 2.45. The van der Waals surface area contributed by atoms with Crippen LogP contribution >= 0.6 is 0 Å². The lowest BCUT2D eigenvalue weighted by Crippen LogP contribution is -2.51. The minimum absolute atomic E-state index is 0.224. The normalized spacial score (nSPS) is 27.3. The first-order chi connectivity index (χ1) is 14.1. The van der Waals surface area contributed by atoms with Gasteiger partial charge in [0, 0.05) is 41.8 Å². The molecule has 7 nitrogen and oxygen atoms in total. The highest BCUT2D eigenvalue weighted by atomic mass is 16.2. The van der Waals surface area contributed by atoms with Gasteiger partial charge < -0.3 is 20.9 Å². The molecule has 1 aliphatic carbocycles. The second-order valence-electron chi connectivity index (χ2n) is 8.93. The number of aromatic amines is 1. The maximum Gasteiger partial charge on any atom is 0.252 e. The molecule has 2 amide bonds. The summed E-state index contributed by atoms with van der Waals surface area (Å²) in [7, 11) is 0. The molecule has 0 radical (unpaired) electrons. The number of hydrogen-bond acceptors (Lipinski definition) is 4. The van der Waals surface area contributed by atoms with Gasteiger partial charge in [-0.25, -0.2) is 4.98 Å². The van der Waals surface area contributed by atoms with E-state index in [1.165, 1.54) is 19.3 Å². The standard InChI is InChI=1S/C22H29N5O2/c23-20(28)18-12-25-21-17(8-9-24-21)19(18)26-14-10-15-6-7-16(11-14)27(15)22(29)13-4-2-1-3-5-13/h8-9,12-16H,1-7,10-11H2,(H2,23,28)(H2,24,25,26)/t14-,15-,16+. The first-order valence-electron chi connectivity index (χ1n) is 11.0. The summed E-state index contributed by atoms with van der Waals surface area (Å²) in [5.41, 5.74) is 7.54. The number of carbonyl (C=O) groups is 2. The number of hydrogen-bond donors (Lipinski definition) is 3. The molecule has 3 aliphatic rings. The number of nitrogens with one attached hydrogen (secondary N) is 2. The van der Waals surface area contributed by atoms with Crippen molar-refractivity contribution in [3.05, 3.63) is 24.0 Å². The first-order valence-corrected chi connectivity index (χ1v) is 11.0. The number of rotatable bonds is 4. The van der Waals surface area contributed by atoms with Gasteiger partial charge in [-0.05, 0) is 44.6 Å². The second-order valence-corrected chi connectivity index (χ2v) is 8.93. The third-order valence-corrected chi connectivity index (χ3v) is 7.14. The van der Waals surface area contributed by atoms with Crippen LogP contribution < -0.4 is 11.1 Å². The van der Waals surface area contributed by atoms with Crippen molar-refractivity contribution in [2.24, 2.45) is 11.7 Å². The zero-order chi connectivity index (χ0) is 20.0. The molecule has 4 heterocycles. The number of primary amides is 1. The van der Waals surface area contributed by atoms with Crippen molar-refractivity contribution in [3.63, 3.8) is 0 Å². The average Bonchev–Trinajstić information content (AvgIpc) is 3.31. The number of fused-ring (bicyclic) bond motifs is 3. The van der Waals surface area contributed by atoms with Gasteiger partial charge in [0.25, 0.3) is 5.91 Å². The van der Waals surface area contributed by atoms with Gasteiger partial charge in [-0.2, -0.15) is 0 Å². The van der Waals surface area contributed by atoms with Gasteiger partial charge in [-0.3, -0.25) is 9.59 Å². The Labute approximate surface area is 170 Å². The van der Waals surface area contributed by atoms with Crippen LogP contribution in [0.2, 0.25) is 0 Å². The van der Waals surface area contributed by atoms with Crippen LogP contribution in [0.25, 0.3) is 11.0 Å². The van der Waals surface area contributed by atoms with E-state index >= 15 is 0 Å². The average molecular weight is 396 g/mol. The predicted octanol–water partition coefficient (Wildman–Crippen LogP) is 3.18. The molecule has 0 unspecified atom stereocenters. The Kier molecular flexibility index (Phi) is 4.68. The van der Waals surface area contributed by atoms with Crippen LogP contribution in [0.4, 0.5) is 5.69 Å². The topological polar surface area (TPSA) is 104 Å². The van der Waals surface area contributed by atoms with Crippen molar-refractivity contribution >= 4 is 28.5 Å². The fourth-order valence-corrected chi connectivity index (χ4v) is 5.77. The van der Waals surface area contributed by atoms with E-state index in [1.807, 2.05) is 12.3 Å². The van der Waals surface area contributed by atoms with Crippen LogP contribution in [0.3, 0.4) is 0 Å². The first kappa shape index (κ1) is 18.5. The molecule has 154 valence electrons. The molecule has 1 saturated carbocycles. The third-order valence-electron chi connectivity index (χ3n) is 7.14. The number of nitrogens with zero attached hydrogens (tertiary/aromatic N) is 2. The maximum atomic E-state index is 13.2. The fourth-order valence-electron chi connectivity index (χ4n) is 5.77. The van der Waals surface area contributed by atoms with E-state index in [9.17, 15) is 9.59 Å². The van der Waals surface area contributed by atoms with E-state index in [2.05, 4.69) is 20.2 Å².